The van der Waals surface area contributed by atoms with E-state index in [1.54, 1.807) is 17.4 Å². The van der Waals surface area contributed by atoms with Crippen LogP contribution in [0.2, 0.25) is 0 Å². The van der Waals surface area contributed by atoms with Gasteiger partial charge in [0.15, 0.2) is 0 Å². The molecule has 6 heteroatoms. The Morgan fingerprint density at radius 2 is 2.03 bits per heavy atom. The number of halogens is 1. The van der Waals surface area contributed by atoms with Crippen molar-refractivity contribution in [2.45, 2.75) is 26.3 Å². The summed E-state index contributed by atoms with van der Waals surface area (Å²) in [4.78, 5) is 8.73. The van der Waals surface area contributed by atoms with Crippen LogP contribution < -0.4 is 5.32 Å². The molecule has 0 amide bonds. The number of hydrogen-bond donors (Lipinski definition) is 1. The molecule has 0 aliphatic carbocycles. The zero-order valence-electron chi connectivity index (χ0n) is 17.4. The average Bonchev–Trinajstić information content (AvgIpc) is 2.73. The lowest BCUT2D eigenvalue weighted by Gasteiger charge is -2.20. The van der Waals surface area contributed by atoms with Gasteiger partial charge in [-0.15, -0.1) is 0 Å². The predicted octanol–water partition coefficient (Wildman–Crippen LogP) is 5.08. The summed E-state index contributed by atoms with van der Waals surface area (Å²) in [5, 5.41) is 9.66. The lowest BCUT2D eigenvalue weighted by molar-refractivity contribution is 0.408. The first-order valence-corrected chi connectivity index (χ1v) is 10.2. The second-order valence-electron chi connectivity index (χ2n) is 6.81. The van der Waals surface area contributed by atoms with E-state index < -0.39 is 0 Å². The molecule has 0 saturated heterocycles. The molecule has 5 nitrogen and oxygen atoms in total. The van der Waals surface area contributed by atoms with Gasteiger partial charge in [-0.2, -0.15) is 5.10 Å². The SMILES string of the molecule is C=C(Br)/C=N\N(C)/C(=C\C(=N/C)c1ccccc1C(C)C)NCc1cccnc1. The van der Waals surface area contributed by atoms with Crippen molar-refractivity contribution >= 4 is 27.9 Å². The van der Waals surface area contributed by atoms with Crippen molar-refractivity contribution in [3.63, 3.8) is 0 Å². The van der Waals surface area contributed by atoms with Gasteiger partial charge in [0.25, 0.3) is 0 Å². The second-order valence-corrected chi connectivity index (χ2v) is 7.83. The summed E-state index contributed by atoms with van der Waals surface area (Å²) in [7, 11) is 3.70. The fourth-order valence-electron chi connectivity index (χ4n) is 2.79. The van der Waals surface area contributed by atoms with Gasteiger partial charge in [0.2, 0.25) is 0 Å². The van der Waals surface area contributed by atoms with E-state index >= 15 is 0 Å². The quantitative estimate of drug-likeness (QED) is 0.425. The minimum absolute atomic E-state index is 0.399. The topological polar surface area (TPSA) is 52.9 Å². The van der Waals surface area contributed by atoms with E-state index in [0.29, 0.717) is 16.9 Å². The van der Waals surface area contributed by atoms with Gasteiger partial charge in [0, 0.05) is 49.2 Å². The fraction of sp³-hybridized carbons (Fsp3) is 0.261. The Morgan fingerprint density at radius 1 is 1.28 bits per heavy atom. The largest absolute Gasteiger partial charge is 0.366 e. The maximum Gasteiger partial charge on any atom is 0.124 e. The van der Waals surface area contributed by atoms with Gasteiger partial charge in [0.1, 0.15) is 5.82 Å². The molecule has 0 bridgehead atoms. The van der Waals surface area contributed by atoms with Gasteiger partial charge < -0.3 is 5.32 Å². The van der Waals surface area contributed by atoms with Crippen LogP contribution in [0.1, 0.15) is 36.5 Å². The van der Waals surface area contributed by atoms with Crippen molar-refractivity contribution in [3.8, 4) is 0 Å². The number of aromatic nitrogens is 1. The molecule has 0 spiro atoms. The van der Waals surface area contributed by atoms with Crippen LogP contribution in [-0.2, 0) is 6.54 Å². The van der Waals surface area contributed by atoms with Crippen molar-refractivity contribution in [3.05, 3.63) is 88.4 Å². The summed E-state index contributed by atoms with van der Waals surface area (Å²) in [6.45, 7) is 8.81. The lowest BCUT2D eigenvalue weighted by Crippen LogP contribution is -2.26. The van der Waals surface area contributed by atoms with Crippen LogP contribution in [0.4, 0.5) is 0 Å². The molecular formula is C23H28BrN5. The molecular weight excluding hydrogens is 426 g/mol. The summed E-state index contributed by atoms with van der Waals surface area (Å²) in [5.74, 6) is 1.22. The highest BCUT2D eigenvalue weighted by Crippen LogP contribution is 2.21. The summed E-state index contributed by atoms with van der Waals surface area (Å²) >= 11 is 3.31. The Hall–Kier alpha value is -2.73. The van der Waals surface area contributed by atoms with Gasteiger partial charge in [-0.3, -0.25) is 15.0 Å². The van der Waals surface area contributed by atoms with Crippen molar-refractivity contribution in [2.75, 3.05) is 14.1 Å². The lowest BCUT2D eigenvalue weighted by atomic mass is 9.94. The third-order valence-electron chi connectivity index (χ3n) is 4.29. The van der Waals surface area contributed by atoms with Gasteiger partial charge >= 0.3 is 0 Å². The number of pyridine rings is 1. The Labute approximate surface area is 182 Å². The molecule has 152 valence electrons. The fourth-order valence-corrected chi connectivity index (χ4v) is 2.88. The zero-order valence-corrected chi connectivity index (χ0v) is 19.0. The van der Waals surface area contributed by atoms with Crippen molar-refractivity contribution in [1.82, 2.24) is 15.3 Å². The van der Waals surface area contributed by atoms with Crippen molar-refractivity contribution in [2.24, 2.45) is 10.1 Å². The highest BCUT2D eigenvalue weighted by atomic mass is 79.9. The van der Waals surface area contributed by atoms with Gasteiger partial charge in [-0.1, -0.05) is 50.8 Å². The highest BCUT2D eigenvalue weighted by Gasteiger charge is 2.12. The first-order chi connectivity index (χ1) is 13.9. The molecule has 0 unspecified atom stereocenters. The van der Waals surface area contributed by atoms with Gasteiger partial charge in [-0.25, -0.2) is 0 Å². The number of aliphatic imine (C=N–C) groups is 1. The molecule has 0 aliphatic heterocycles. The van der Waals surface area contributed by atoms with Crippen LogP contribution in [0.25, 0.3) is 0 Å². The zero-order chi connectivity index (χ0) is 21.2. The molecule has 2 aromatic rings. The minimum Gasteiger partial charge on any atom is -0.366 e. The molecule has 2 rings (SSSR count). The number of nitrogens with one attached hydrogen (secondary N) is 1. The van der Waals surface area contributed by atoms with Crippen LogP contribution in [0, 0.1) is 0 Å². The van der Waals surface area contributed by atoms with Crippen LogP contribution in [0.5, 0.6) is 0 Å². The molecule has 0 radical (unpaired) electrons. The van der Waals surface area contributed by atoms with Crippen molar-refractivity contribution < 1.29 is 0 Å². The van der Waals surface area contributed by atoms with E-state index in [4.69, 9.17) is 0 Å². The number of hydrogen-bond acceptors (Lipinski definition) is 5. The van der Waals surface area contributed by atoms with E-state index in [1.165, 1.54) is 5.56 Å². The van der Waals surface area contributed by atoms with Gasteiger partial charge in [-0.05, 0) is 39.0 Å². The third kappa shape index (κ3) is 6.98. The Balaban J connectivity index is 2.39. The molecule has 0 fully saturated rings. The standard InChI is InChI=1S/C23H28BrN5/c1-17(2)20-10-6-7-11-21(20)22(25-4)13-23(29(5)28-14-18(3)24)27-16-19-9-8-12-26-15-19/h6-15,17,27H,3,16H2,1-2,4-5H3/b23-13-,25-22+,28-14-. The molecule has 29 heavy (non-hydrogen) atoms. The van der Waals surface area contributed by atoms with Gasteiger partial charge in [0.05, 0.1) is 11.9 Å². The number of benzene rings is 1. The molecule has 1 aromatic heterocycles. The number of nitrogens with zero attached hydrogens (tertiary/aromatic N) is 4. The van der Waals surface area contributed by atoms with Crippen LogP contribution in [0.15, 0.2) is 81.8 Å². The summed E-state index contributed by atoms with van der Waals surface area (Å²) in [6, 6.07) is 12.3. The van der Waals surface area contributed by atoms with E-state index in [-0.39, 0.29) is 0 Å². The molecule has 0 atom stereocenters. The number of hydrazone groups is 1. The smallest absolute Gasteiger partial charge is 0.124 e. The average molecular weight is 454 g/mol. The monoisotopic (exact) mass is 453 g/mol. The predicted molar refractivity (Wildman–Crippen MR) is 126 cm³/mol. The maximum absolute atomic E-state index is 4.56. The molecule has 1 N–H and O–H groups in total. The first kappa shape index (κ1) is 22.6. The van der Waals surface area contributed by atoms with E-state index in [2.05, 4.69) is 75.0 Å². The minimum atomic E-state index is 0.399. The summed E-state index contributed by atoms with van der Waals surface area (Å²) < 4.78 is 0.700. The molecule has 0 saturated carbocycles. The summed E-state index contributed by atoms with van der Waals surface area (Å²) in [6.07, 6.45) is 7.29. The van der Waals surface area contributed by atoms with Crippen LogP contribution in [0.3, 0.4) is 0 Å². The molecule has 1 aromatic carbocycles. The normalized spacial score (nSPS) is 12.5. The second kappa shape index (κ2) is 11.3. The van der Waals surface area contributed by atoms with E-state index in [0.717, 1.165) is 22.7 Å². The van der Waals surface area contributed by atoms with E-state index in [1.807, 2.05) is 44.6 Å². The highest BCUT2D eigenvalue weighted by molar-refractivity contribution is 9.12. The Morgan fingerprint density at radius 3 is 2.66 bits per heavy atom. The first-order valence-electron chi connectivity index (χ1n) is 9.45. The number of rotatable bonds is 9. The van der Waals surface area contributed by atoms with Crippen LogP contribution in [-0.4, -0.2) is 36.0 Å². The third-order valence-corrected chi connectivity index (χ3v) is 4.49. The molecule has 0 aliphatic rings. The van der Waals surface area contributed by atoms with E-state index in [9.17, 15) is 0 Å². The number of allylic oxidation sites excluding steroid dienone is 2. The van der Waals surface area contributed by atoms with Crippen LogP contribution >= 0.6 is 15.9 Å². The Bertz CT molecular complexity index is 900. The summed E-state index contributed by atoms with van der Waals surface area (Å²) in [5.41, 5.74) is 4.35. The van der Waals surface area contributed by atoms with Crippen molar-refractivity contribution in [1.29, 1.82) is 0 Å². The molecule has 1 heterocycles. The Kier molecular flexibility index (Phi) is 8.80. The maximum atomic E-state index is 4.56.